The molecule has 2 bridgehead atoms. The van der Waals surface area contributed by atoms with Crippen molar-refractivity contribution in [2.24, 2.45) is 11.8 Å². The Morgan fingerprint density at radius 3 is 2.50 bits per heavy atom. The minimum Gasteiger partial charge on any atom is -0.491 e. The monoisotopic (exact) mass is 415 g/mol. The first-order valence-electron chi connectivity index (χ1n) is 10.6. The number of hydrogen-bond donors (Lipinski definition) is 1. The topological polar surface area (TPSA) is 86.0 Å². The van der Waals surface area contributed by atoms with Crippen LogP contribution in [0.1, 0.15) is 38.3 Å². The number of nitrogens with zero attached hydrogens (tertiary/aromatic N) is 3. The SMILES string of the molecule is Cc1cc(C#N)ccc1OCC(O)CN1CC2CC(C1)CN(C(=O)OC(C)(C)C)C2. The predicted molar refractivity (Wildman–Crippen MR) is 113 cm³/mol. The minimum absolute atomic E-state index is 0.211. The van der Waals surface area contributed by atoms with Crippen LogP contribution in [0.2, 0.25) is 0 Å². The number of benzene rings is 1. The summed E-state index contributed by atoms with van der Waals surface area (Å²) in [6.07, 6.45) is 0.296. The zero-order chi connectivity index (χ0) is 21.9. The van der Waals surface area contributed by atoms with Crippen LogP contribution in [0.4, 0.5) is 4.79 Å². The molecule has 3 rings (SSSR count). The summed E-state index contributed by atoms with van der Waals surface area (Å²) in [7, 11) is 0. The number of hydrogen-bond acceptors (Lipinski definition) is 6. The van der Waals surface area contributed by atoms with Crippen molar-refractivity contribution >= 4 is 6.09 Å². The Morgan fingerprint density at radius 2 is 1.93 bits per heavy atom. The molecule has 1 N–H and O–H groups in total. The zero-order valence-corrected chi connectivity index (χ0v) is 18.4. The molecule has 1 amide bonds. The predicted octanol–water partition coefficient (Wildman–Crippen LogP) is 2.80. The summed E-state index contributed by atoms with van der Waals surface area (Å²) in [4.78, 5) is 16.5. The van der Waals surface area contributed by atoms with Gasteiger partial charge in [-0.2, -0.15) is 5.26 Å². The van der Waals surface area contributed by atoms with E-state index in [1.165, 1.54) is 0 Å². The molecule has 1 aromatic rings. The van der Waals surface area contributed by atoms with Gasteiger partial charge in [0.1, 0.15) is 24.1 Å². The molecule has 164 valence electrons. The van der Waals surface area contributed by atoms with Gasteiger partial charge in [0, 0.05) is 32.7 Å². The number of aryl methyl sites for hydroxylation is 1. The Morgan fingerprint density at radius 1 is 1.27 bits per heavy atom. The highest BCUT2D eigenvalue weighted by Crippen LogP contribution is 2.29. The van der Waals surface area contributed by atoms with Gasteiger partial charge in [0.15, 0.2) is 0 Å². The van der Waals surface area contributed by atoms with Gasteiger partial charge in [0.05, 0.1) is 11.6 Å². The van der Waals surface area contributed by atoms with Gasteiger partial charge >= 0.3 is 6.09 Å². The van der Waals surface area contributed by atoms with E-state index in [0.29, 0.717) is 42.8 Å². The molecular formula is C23H33N3O4. The van der Waals surface area contributed by atoms with Crippen molar-refractivity contribution in [2.45, 2.75) is 45.8 Å². The number of carbonyl (C=O) groups is 1. The molecule has 0 saturated carbocycles. The normalized spacial score (nSPS) is 22.9. The number of aliphatic hydroxyl groups is 1. The molecule has 0 spiro atoms. The van der Waals surface area contributed by atoms with E-state index < -0.39 is 11.7 Å². The zero-order valence-electron chi connectivity index (χ0n) is 18.4. The number of ether oxygens (including phenoxy) is 2. The second-order valence-corrected chi connectivity index (χ2v) is 9.63. The van der Waals surface area contributed by atoms with Gasteiger partial charge in [0.2, 0.25) is 0 Å². The molecule has 2 aliphatic rings. The molecule has 3 unspecified atom stereocenters. The van der Waals surface area contributed by atoms with E-state index in [0.717, 1.165) is 25.1 Å². The average Bonchev–Trinajstić information content (AvgIpc) is 2.64. The maximum absolute atomic E-state index is 12.4. The van der Waals surface area contributed by atoms with Crippen molar-refractivity contribution in [1.82, 2.24) is 9.80 Å². The van der Waals surface area contributed by atoms with Crippen LogP contribution in [-0.4, -0.2) is 72.0 Å². The van der Waals surface area contributed by atoms with E-state index in [1.54, 1.807) is 18.2 Å². The highest BCUT2D eigenvalue weighted by Gasteiger charge is 2.37. The number of carbonyl (C=O) groups excluding carboxylic acids is 1. The van der Waals surface area contributed by atoms with Gasteiger partial charge < -0.3 is 19.5 Å². The van der Waals surface area contributed by atoms with Crippen LogP contribution >= 0.6 is 0 Å². The van der Waals surface area contributed by atoms with Crippen LogP contribution in [0.15, 0.2) is 18.2 Å². The number of piperidine rings is 2. The number of amides is 1. The van der Waals surface area contributed by atoms with Crippen LogP contribution in [0.25, 0.3) is 0 Å². The maximum Gasteiger partial charge on any atom is 0.410 e. The number of β-amino-alcohol motifs (C(OH)–C–C–N with tert-alkyl or cyclic N) is 1. The molecule has 2 heterocycles. The fraction of sp³-hybridized carbons (Fsp3) is 0.652. The lowest BCUT2D eigenvalue weighted by atomic mass is 9.84. The summed E-state index contributed by atoms with van der Waals surface area (Å²) in [6.45, 7) is 11.5. The number of aliphatic hydroxyl groups excluding tert-OH is 1. The molecule has 30 heavy (non-hydrogen) atoms. The van der Waals surface area contributed by atoms with Crippen LogP contribution in [0, 0.1) is 30.1 Å². The first kappa shape index (κ1) is 22.4. The lowest BCUT2D eigenvalue weighted by molar-refractivity contribution is -0.0199. The Balaban J connectivity index is 1.47. The highest BCUT2D eigenvalue weighted by atomic mass is 16.6. The molecule has 7 heteroatoms. The van der Waals surface area contributed by atoms with Crippen LogP contribution < -0.4 is 4.74 Å². The third-order valence-corrected chi connectivity index (χ3v) is 5.51. The summed E-state index contributed by atoms with van der Waals surface area (Å²) in [5, 5.41) is 19.4. The highest BCUT2D eigenvalue weighted by molar-refractivity contribution is 5.68. The Bertz CT molecular complexity index is 785. The van der Waals surface area contributed by atoms with Gasteiger partial charge in [-0.15, -0.1) is 0 Å². The molecule has 2 fully saturated rings. The molecule has 0 aromatic heterocycles. The lowest BCUT2D eigenvalue weighted by Gasteiger charge is -2.46. The number of likely N-dealkylation sites (tertiary alicyclic amines) is 2. The van der Waals surface area contributed by atoms with Gasteiger partial charge in [-0.25, -0.2) is 4.79 Å². The van der Waals surface area contributed by atoms with E-state index in [9.17, 15) is 9.90 Å². The van der Waals surface area contributed by atoms with Gasteiger partial charge in [-0.3, -0.25) is 4.90 Å². The van der Waals surface area contributed by atoms with Gasteiger partial charge in [-0.05, 0) is 69.7 Å². The van der Waals surface area contributed by atoms with Crippen molar-refractivity contribution < 1.29 is 19.4 Å². The number of nitriles is 1. The fourth-order valence-corrected chi connectivity index (χ4v) is 4.43. The second kappa shape index (κ2) is 9.23. The van der Waals surface area contributed by atoms with E-state index in [-0.39, 0.29) is 12.7 Å². The summed E-state index contributed by atoms with van der Waals surface area (Å²) < 4.78 is 11.3. The van der Waals surface area contributed by atoms with Crippen molar-refractivity contribution in [3.05, 3.63) is 29.3 Å². The molecule has 1 aromatic carbocycles. The third kappa shape index (κ3) is 6.10. The molecule has 0 aliphatic carbocycles. The molecule has 0 radical (unpaired) electrons. The summed E-state index contributed by atoms with van der Waals surface area (Å²) in [5.74, 6) is 1.49. The van der Waals surface area contributed by atoms with E-state index in [2.05, 4.69) is 11.0 Å². The van der Waals surface area contributed by atoms with Gasteiger partial charge in [0.25, 0.3) is 0 Å². The summed E-state index contributed by atoms with van der Waals surface area (Å²) in [6, 6.07) is 7.39. The quantitative estimate of drug-likeness (QED) is 0.796. The largest absolute Gasteiger partial charge is 0.491 e. The summed E-state index contributed by atoms with van der Waals surface area (Å²) >= 11 is 0. The fourth-order valence-electron chi connectivity index (χ4n) is 4.43. The van der Waals surface area contributed by atoms with E-state index in [4.69, 9.17) is 14.7 Å². The smallest absolute Gasteiger partial charge is 0.410 e. The lowest BCUT2D eigenvalue weighted by Crippen LogP contribution is -2.56. The third-order valence-electron chi connectivity index (χ3n) is 5.51. The van der Waals surface area contributed by atoms with E-state index in [1.807, 2.05) is 32.6 Å². The first-order valence-corrected chi connectivity index (χ1v) is 10.6. The van der Waals surface area contributed by atoms with Crippen LogP contribution in [-0.2, 0) is 4.74 Å². The van der Waals surface area contributed by atoms with Crippen molar-refractivity contribution in [3.8, 4) is 11.8 Å². The van der Waals surface area contributed by atoms with Crippen LogP contribution in [0.5, 0.6) is 5.75 Å². The van der Waals surface area contributed by atoms with Crippen molar-refractivity contribution in [2.75, 3.05) is 39.3 Å². The maximum atomic E-state index is 12.4. The van der Waals surface area contributed by atoms with Crippen LogP contribution in [0.3, 0.4) is 0 Å². The van der Waals surface area contributed by atoms with E-state index >= 15 is 0 Å². The average molecular weight is 416 g/mol. The molecule has 2 saturated heterocycles. The molecule has 3 atom stereocenters. The van der Waals surface area contributed by atoms with Crippen molar-refractivity contribution in [3.63, 3.8) is 0 Å². The van der Waals surface area contributed by atoms with Crippen molar-refractivity contribution in [1.29, 1.82) is 5.26 Å². The summed E-state index contributed by atoms with van der Waals surface area (Å²) in [5.41, 5.74) is 1.00. The first-order chi connectivity index (χ1) is 14.1. The molecule has 2 aliphatic heterocycles. The number of rotatable bonds is 5. The Hall–Kier alpha value is -2.30. The number of fused-ring (bicyclic) bond motifs is 2. The minimum atomic E-state index is -0.596. The Kier molecular flexibility index (Phi) is 6.89. The Labute approximate surface area is 179 Å². The second-order valence-electron chi connectivity index (χ2n) is 9.63. The standard InChI is InChI=1S/C23H33N3O4/c1-16-7-17(9-24)5-6-21(16)29-15-20(27)14-25-10-18-8-19(11-25)13-26(12-18)22(28)30-23(2,3)4/h5-7,18-20,27H,8,10-15H2,1-4H3. The molecule has 7 nitrogen and oxygen atoms in total. The van der Waals surface area contributed by atoms with Gasteiger partial charge in [-0.1, -0.05) is 0 Å². The molecular weight excluding hydrogens is 382 g/mol.